The van der Waals surface area contributed by atoms with E-state index < -0.39 is 11.7 Å². The molecule has 0 atom stereocenters. The van der Waals surface area contributed by atoms with E-state index in [-0.39, 0.29) is 11.7 Å². The minimum atomic E-state index is -4.32. The molecule has 2 fully saturated rings. The number of piperidine rings is 1. The van der Waals surface area contributed by atoms with Gasteiger partial charge in [-0.15, -0.1) is 0 Å². The number of piperazine rings is 1. The number of rotatable bonds is 9. The van der Waals surface area contributed by atoms with Crippen LogP contribution in [-0.4, -0.2) is 67.6 Å². The van der Waals surface area contributed by atoms with Crippen molar-refractivity contribution >= 4 is 29.0 Å². The first-order valence-electron chi connectivity index (χ1n) is 15.5. The molecule has 3 aromatic rings. The van der Waals surface area contributed by atoms with Crippen molar-refractivity contribution < 1.29 is 22.4 Å². The standard InChI is InChI=1S/C32H36F4N4OS.C2H6/c33-25-5-11-29(12-6-25)42-30-13-7-26(8-14-30)37-27-15-18-40(19-16-27)31(41)2-1-17-38-20-22-39(23-21-38)28-9-3-24(4-10-28)32(34,35)36;1-2/h3-14,27,37H,1-2,15-23H2;1-2H3. The summed E-state index contributed by atoms with van der Waals surface area (Å²) in [7, 11) is 0. The van der Waals surface area contributed by atoms with Crippen LogP contribution >= 0.6 is 11.8 Å². The van der Waals surface area contributed by atoms with Crippen molar-refractivity contribution in [2.45, 2.75) is 61.5 Å². The Kier molecular flexibility index (Phi) is 12.4. The van der Waals surface area contributed by atoms with Gasteiger partial charge in [0.2, 0.25) is 5.91 Å². The summed E-state index contributed by atoms with van der Waals surface area (Å²) in [4.78, 5) is 21.3. The maximum absolute atomic E-state index is 13.1. The largest absolute Gasteiger partial charge is 0.416 e. The Morgan fingerprint density at radius 1 is 0.818 bits per heavy atom. The number of carbonyl (C=O) groups is 1. The Bertz CT molecular complexity index is 1290. The van der Waals surface area contributed by atoms with Crippen molar-refractivity contribution in [3.8, 4) is 0 Å². The van der Waals surface area contributed by atoms with Crippen molar-refractivity contribution in [1.29, 1.82) is 0 Å². The minimum Gasteiger partial charge on any atom is -0.382 e. The van der Waals surface area contributed by atoms with Crippen LogP contribution < -0.4 is 10.2 Å². The zero-order valence-corrected chi connectivity index (χ0v) is 26.3. The van der Waals surface area contributed by atoms with E-state index in [1.54, 1.807) is 36.0 Å². The lowest BCUT2D eigenvalue weighted by Crippen LogP contribution is -2.47. The lowest BCUT2D eigenvalue weighted by molar-refractivity contribution is -0.137. The molecule has 1 N–H and O–H groups in total. The highest BCUT2D eigenvalue weighted by Gasteiger charge is 2.30. The van der Waals surface area contributed by atoms with Gasteiger partial charge in [0.15, 0.2) is 0 Å². The highest BCUT2D eigenvalue weighted by molar-refractivity contribution is 7.99. The molecule has 3 aromatic carbocycles. The van der Waals surface area contributed by atoms with Crippen LogP contribution in [0.3, 0.4) is 0 Å². The summed E-state index contributed by atoms with van der Waals surface area (Å²) >= 11 is 1.59. The number of hydrogen-bond acceptors (Lipinski definition) is 5. The molecule has 2 heterocycles. The number of amides is 1. The fourth-order valence-electron chi connectivity index (χ4n) is 5.47. The van der Waals surface area contributed by atoms with E-state index in [9.17, 15) is 22.4 Å². The lowest BCUT2D eigenvalue weighted by atomic mass is 10.0. The molecule has 2 aliphatic rings. The Morgan fingerprint density at radius 3 is 1.95 bits per heavy atom. The third-order valence-corrected chi connectivity index (χ3v) is 8.93. The predicted molar refractivity (Wildman–Crippen MR) is 171 cm³/mol. The number of benzene rings is 3. The quantitative estimate of drug-likeness (QED) is 0.243. The third-order valence-electron chi connectivity index (χ3n) is 7.92. The highest BCUT2D eigenvalue weighted by Crippen LogP contribution is 2.31. The monoisotopic (exact) mass is 630 g/mol. The molecule has 10 heteroatoms. The SMILES string of the molecule is CC.O=C(CCCN1CCN(c2ccc(C(F)(F)F)cc2)CC1)N1CCC(Nc2ccc(Sc3ccc(F)cc3)cc2)CC1. The summed E-state index contributed by atoms with van der Waals surface area (Å²) in [5, 5.41) is 3.59. The summed E-state index contributed by atoms with van der Waals surface area (Å²) in [5.41, 5.74) is 1.25. The third kappa shape index (κ3) is 9.89. The molecular formula is C34H42F4N4OS. The van der Waals surface area contributed by atoms with Crippen molar-refractivity contribution in [3.63, 3.8) is 0 Å². The maximum atomic E-state index is 13.1. The molecule has 1 amide bonds. The normalized spacial score (nSPS) is 16.3. The van der Waals surface area contributed by atoms with Crippen molar-refractivity contribution in [2.75, 3.05) is 56.0 Å². The van der Waals surface area contributed by atoms with E-state index in [4.69, 9.17) is 0 Å². The summed E-state index contributed by atoms with van der Waals surface area (Å²) in [6.45, 7) is 9.53. The van der Waals surface area contributed by atoms with Crippen LogP contribution in [0.15, 0.2) is 82.6 Å². The Hall–Kier alpha value is -3.24. The van der Waals surface area contributed by atoms with Crippen LogP contribution in [0.25, 0.3) is 0 Å². The smallest absolute Gasteiger partial charge is 0.382 e. The van der Waals surface area contributed by atoms with Gasteiger partial charge in [0.25, 0.3) is 0 Å². The zero-order valence-electron chi connectivity index (χ0n) is 25.5. The van der Waals surface area contributed by atoms with E-state index in [2.05, 4.69) is 39.4 Å². The first-order chi connectivity index (χ1) is 21.2. The van der Waals surface area contributed by atoms with Crippen LogP contribution in [0.2, 0.25) is 0 Å². The van der Waals surface area contributed by atoms with Gasteiger partial charge in [0.05, 0.1) is 5.56 Å². The molecule has 5 rings (SSSR count). The van der Waals surface area contributed by atoms with Crippen molar-refractivity contribution in [2.24, 2.45) is 0 Å². The number of carbonyl (C=O) groups excluding carboxylic acids is 1. The Morgan fingerprint density at radius 2 is 1.39 bits per heavy atom. The molecule has 0 saturated carbocycles. The van der Waals surface area contributed by atoms with Gasteiger partial charge in [-0.3, -0.25) is 9.69 Å². The summed E-state index contributed by atoms with van der Waals surface area (Å²) in [6, 6.07) is 20.4. The maximum Gasteiger partial charge on any atom is 0.416 e. The molecule has 0 unspecified atom stereocenters. The van der Waals surface area contributed by atoms with Gasteiger partial charge in [-0.05, 0) is 98.6 Å². The van der Waals surface area contributed by atoms with Gasteiger partial charge in [-0.25, -0.2) is 4.39 Å². The Labute approximate surface area is 262 Å². The fourth-order valence-corrected chi connectivity index (χ4v) is 6.29. The lowest BCUT2D eigenvalue weighted by Gasteiger charge is -2.36. The molecule has 0 bridgehead atoms. The Balaban J connectivity index is 0.00000216. The van der Waals surface area contributed by atoms with E-state index in [1.165, 1.54) is 12.1 Å². The fraction of sp³-hybridized carbons (Fsp3) is 0.441. The molecule has 2 saturated heterocycles. The number of nitrogens with one attached hydrogen (secondary N) is 1. The molecule has 0 spiro atoms. The summed E-state index contributed by atoms with van der Waals surface area (Å²) in [5.74, 6) is -0.0287. The average molecular weight is 631 g/mol. The number of hydrogen-bond donors (Lipinski definition) is 1. The first kappa shape index (κ1) is 33.6. The zero-order chi connectivity index (χ0) is 31.5. The van der Waals surface area contributed by atoms with Crippen LogP contribution in [0.1, 0.15) is 45.1 Å². The van der Waals surface area contributed by atoms with Gasteiger partial charge in [0.1, 0.15) is 5.82 Å². The molecule has 0 aromatic heterocycles. The second kappa shape index (κ2) is 16.2. The van der Waals surface area contributed by atoms with E-state index in [0.29, 0.717) is 12.5 Å². The van der Waals surface area contributed by atoms with Crippen molar-refractivity contribution in [1.82, 2.24) is 9.80 Å². The van der Waals surface area contributed by atoms with Gasteiger partial charge >= 0.3 is 6.18 Å². The predicted octanol–water partition coefficient (Wildman–Crippen LogP) is 8.03. The highest BCUT2D eigenvalue weighted by atomic mass is 32.2. The molecule has 2 aliphatic heterocycles. The minimum absolute atomic E-state index is 0.207. The van der Waals surface area contributed by atoms with Crippen LogP contribution in [-0.2, 0) is 11.0 Å². The van der Waals surface area contributed by atoms with Crippen LogP contribution in [0.4, 0.5) is 28.9 Å². The summed E-state index contributed by atoms with van der Waals surface area (Å²) < 4.78 is 51.6. The topological polar surface area (TPSA) is 38.8 Å². The van der Waals surface area contributed by atoms with Crippen LogP contribution in [0, 0.1) is 5.82 Å². The van der Waals surface area contributed by atoms with E-state index in [0.717, 1.165) is 98.4 Å². The molecule has 5 nitrogen and oxygen atoms in total. The molecular weight excluding hydrogens is 588 g/mol. The van der Waals surface area contributed by atoms with Gasteiger partial charge in [-0.1, -0.05) is 25.6 Å². The number of likely N-dealkylation sites (tertiary alicyclic amines) is 1. The molecule has 0 aliphatic carbocycles. The molecule has 0 radical (unpaired) electrons. The number of nitrogens with zero attached hydrogens (tertiary/aromatic N) is 3. The summed E-state index contributed by atoms with van der Waals surface area (Å²) in [6.07, 6.45) is -1.17. The van der Waals surface area contributed by atoms with Crippen LogP contribution in [0.5, 0.6) is 0 Å². The van der Waals surface area contributed by atoms with Gasteiger partial charge < -0.3 is 15.1 Å². The number of halogens is 4. The second-order valence-corrected chi connectivity index (χ2v) is 12.0. The molecule has 44 heavy (non-hydrogen) atoms. The number of anilines is 2. The molecule has 238 valence electrons. The first-order valence-corrected chi connectivity index (χ1v) is 16.3. The van der Waals surface area contributed by atoms with Gasteiger partial charge in [-0.2, -0.15) is 13.2 Å². The second-order valence-electron chi connectivity index (χ2n) is 10.9. The average Bonchev–Trinajstić information content (AvgIpc) is 3.04. The number of alkyl halides is 3. The van der Waals surface area contributed by atoms with E-state index in [1.807, 2.05) is 18.7 Å². The van der Waals surface area contributed by atoms with E-state index >= 15 is 0 Å². The van der Waals surface area contributed by atoms with Crippen molar-refractivity contribution in [3.05, 3.63) is 84.2 Å². The van der Waals surface area contributed by atoms with Gasteiger partial charge in [0, 0.05) is 72.9 Å².